The van der Waals surface area contributed by atoms with Gasteiger partial charge in [0.1, 0.15) is 11.4 Å². The highest BCUT2D eigenvalue weighted by Gasteiger charge is 2.15. The van der Waals surface area contributed by atoms with E-state index in [1.807, 2.05) is 72.8 Å². The Morgan fingerprint density at radius 3 is 2.23 bits per heavy atom. The van der Waals surface area contributed by atoms with Crippen molar-refractivity contribution in [2.24, 2.45) is 10.2 Å². The number of ether oxygens (including phenoxy) is 1. The molecule has 30 heavy (non-hydrogen) atoms. The van der Waals surface area contributed by atoms with E-state index in [1.54, 1.807) is 19.2 Å². The van der Waals surface area contributed by atoms with Gasteiger partial charge in [-0.1, -0.05) is 59.9 Å². The summed E-state index contributed by atoms with van der Waals surface area (Å²) in [5, 5.41) is 12.6. The van der Waals surface area contributed by atoms with Crippen LogP contribution in [0.5, 0.6) is 5.75 Å². The Balaban J connectivity index is 1.64. The van der Waals surface area contributed by atoms with Crippen LogP contribution in [0.4, 0.5) is 15.8 Å². The maximum absolute atomic E-state index is 12.5. The van der Waals surface area contributed by atoms with Crippen LogP contribution in [-0.4, -0.2) is 18.0 Å². The van der Waals surface area contributed by atoms with E-state index < -0.39 is 0 Å². The monoisotopic (exact) mass is 414 g/mol. The second-order valence-corrected chi connectivity index (χ2v) is 7.23. The molecule has 0 fully saturated rings. The molecule has 1 amide bonds. The smallest absolute Gasteiger partial charge is 0.257 e. The molecule has 0 aliphatic heterocycles. The minimum atomic E-state index is -0.220. The zero-order chi connectivity index (χ0) is 20.8. The zero-order valence-corrected chi connectivity index (χ0v) is 17.0. The van der Waals surface area contributed by atoms with Gasteiger partial charge in [-0.25, -0.2) is 4.98 Å². The van der Waals surface area contributed by atoms with Crippen molar-refractivity contribution in [1.29, 1.82) is 0 Å². The lowest BCUT2D eigenvalue weighted by Gasteiger charge is -2.00. The summed E-state index contributed by atoms with van der Waals surface area (Å²) < 4.78 is 5.17. The molecule has 0 unspecified atom stereocenters. The fourth-order valence-corrected chi connectivity index (χ4v) is 3.53. The number of thiazole rings is 1. The number of hydrogen-bond acceptors (Lipinski definition) is 6. The van der Waals surface area contributed by atoms with E-state index in [2.05, 4.69) is 20.5 Å². The molecule has 148 valence electrons. The van der Waals surface area contributed by atoms with E-state index >= 15 is 0 Å². The molecule has 0 radical (unpaired) electrons. The van der Waals surface area contributed by atoms with Crippen molar-refractivity contribution >= 4 is 33.1 Å². The SMILES string of the molecule is COc1ccc(N=Nc2sc(NC(=O)c3ccccc3)nc2-c2ccccc2)cc1. The first-order valence-corrected chi connectivity index (χ1v) is 10.0. The van der Waals surface area contributed by atoms with Gasteiger partial charge in [0.2, 0.25) is 0 Å². The van der Waals surface area contributed by atoms with Crippen LogP contribution in [0.2, 0.25) is 0 Å². The van der Waals surface area contributed by atoms with Crippen LogP contribution in [0.25, 0.3) is 11.3 Å². The Morgan fingerprint density at radius 1 is 0.900 bits per heavy atom. The number of hydrogen-bond donors (Lipinski definition) is 1. The van der Waals surface area contributed by atoms with Crippen molar-refractivity contribution in [2.45, 2.75) is 0 Å². The Morgan fingerprint density at radius 2 is 1.57 bits per heavy atom. The van der Waals surface area contributed by atoms with E-state index in [0.717, 1.165) is 11.3 Å². The molecule has 0 saturated heterocycles. The first kappa shape index (κ1) is 19.5. The third kappa shape index (κ3) is 4.59. The van der Waals surface area contributed by atoms with Gasteiger partial charge >= 0.3 is 0 Å². The number of anilines is 1. The molecule has 4 aromatic rings. The van der Waals surface area contributed by atoms with E-state index in [-0.39, 0.29) is 5.91 Å². The van der Waals surface area contributed by atoms with Gasteiger partial charge in [-0.05, 0) is 36.4 Å². The lowest BCUT2D eigenvalue weighted by Crippen LogP contribution is -2.11. The van der Waals surface area contributed by atoms with Gasteiger partial charge < -0.3 is 4.74 Å². The zero-order valence-electron chi connectivity index (χ0n) is 16.1. The molecule has 3 aromatic carbocycles. The van der Waals surface area contributed by atoms with E-state index in [9.17, 15) is 4.79 Å². The van der Waals surface area contributed by atoms with Gasteiger partial charge in [-0.2, -0.15) is 0 Å². The lowest BCUT2D eigenvalue weighted by atomic mass is 10.2. The highest BCUT2D eigenvalue weighted by atomic mass is 32.1. The van der Waals surface area contributed by atoms with Crippen molar-refractivity contribution in [3.05, 3.63) is 90.5 Å². The Bertz CT molecular complexity index is 1160. The van der Waals surface area contributed by atoms with Gasteiger partial charge in [0.05, 0.1) is 12.8 Å². The van der Waals surface area contributed by atoms with E-state index in [4.69, 9.17) is 4.74 Å². The van der Waals surface area contributed by atoms with Crippen LogP contribution in [0, 0.1) is 0 Å². The summed E-state index contributed by atoms with van der Waals surface area (Å²) in [4.78, 5) is 17.1. The third-order valence-electron chi connectivity index (χ3n) is 4.24. The van der Waals surface area contributed by atoms with Crippen LogP contribution in [-0.2, 0) is 0 Å². The number of nitrogens with zero attached hydrogens (tertiary/aromatic N) is 3. The van der Waals surface area contributed by atoms with Crippen molar-refractivity contribution in [1.82, 2.24) is 4.98 Å². The van der Waals surface area contributed by atoms with Gasteiger partial charge in [0.25, 0.3) is 5.91 Å². The van der Waals surface area contributed by atoms with Crippen LogP contribution >= 0.6 is 11.3 Å². The minimum Gasteiger partial charge on any atom is -0.497 e. The predicted octanol–water partition coefficient (Wildman–Crippen LogP) is 6.49. The van der Waals surface area contributed by atoms with Crippen LogP contribution in [0.1, 0.15) is 10.4 Å². The fraction of sp³-hybridized carbons (Fsp3) is 0.0435. The van der Waals surface area contributed by atoms with Crippen LogP contribution in [0.3, 0.4) is 0 Å². The second kappa shape index (κ2) is 9.11. The van der Waals surface area contributed by atoms with Crippen molar-refractivity contribution in [3.63, 3.8) is 0 Å². The molecule has 0 bridgehead atoms. The minimum absolute atomic E-state index is 0.220. The molecular weight excluding hydrogens is 396 g/mol. The standard InChI is InChI=1S/C23H18N4O2S/c1-29-19-14-12-18(13-15-19)26-27-22-20(16-8-4-2-5-9-16)24-23(30-22)25-21(28)17-10-6-3-7-11-17/h2-15H,1H3,(H,24,25,28). The summed E-state index contributed by atoms with van der Waals surface area (Å²) >= 11 is 1.28. The Kier molecular flexibility index (Phi) is 5.91. The fourth-order valence-electron chi connectivity index (χ4n) is 2.73. The highest BCUT2D eigenvalue weighted by molar-refractivity contribution is 7.19. The second-order valence-electron chi connectivity index (χ2n) is 6.26. The summed E-state index contributed by atoms with van der Waals surface area (Å²) in [5.74, 6) is 0.533. The molecule has 0 aliphatic rings. The highest BCUT2D eigenvalue weighted by Crippen LogP contribution is 2.39. The number of carbonyl (C=O) groups is 1. The molecule has 0 spiro atoms. The van der Waals surface area contributed by atoms with Crippen molar-refractivity contribution in [3.8, 4) is 17.0 Å². The number of benzene rings is 3. The number of nitrogens with one attached hydrogen (secondary N) is 1. The summed E-state index contributed by atoms with van der Waals surface area (Å²) in [5.41, 5.74) is 2.83. The third-order valence-corrected chi connectivity index (χ3v) is 5.10. The normalized spacial score (nSPS) is 10.8. The first-order valence-electron chi connectivity index (χ1n) is 9.21. The molecule has 0 aliphatic carbocycles. The number of azo groups is 1. The van der Waals surface area contributed by atoms with Crippen molar-refractivity contribution < 1.29 is 9.53 Å². The topological polar surface area (TPSA) is 75.9 Å². The predicted molar refractivity (Wildman–Crippen MR) is 119 cm³/mol. The number of methoxy groups -OCH3 is 1. The summed E-state index contributed by atoms with van der Waals surface area (Å²) in [6.07, 6.45) is 0. The lowest BCUT2D eigenvalue weighted by molar-refractivity contribution is 0.102. The molecule has 0 atom stereocenters. The summed E-state index contributed by atoms with van der Waals surface area (Å²) in [6, 6.07) is 26.0. The van der Waals surface area contributed by atoms with Crippen LogP contribution in [0.15, 0.2) is 95.2 Å². The number of rotatable bonds is 6. The number of aromatic nitrogens is 1. The molecule has 1 N–H and O–H groups in total. The molecule has 4 rings (SSSR count). The average molecular weight is 414 g/mol. The number of carbonyl (C=O) groups excluding carboxylic acids is 1. The maximum Gasteiger partial charge on any atom is 0.257 e. The van der Waals surface area contributed by atoms with Gasteiger partial charge in [0.15, 0.2) is 10.1 Å². The largest absolute Gasteiger partial charge is 0.497 e. The van der Waals surface area contributed by atoms with Crippen molar-refractivity contribution in [2.75, 3.05) is 12.4 Å². The maximum atomic E-state index is 12.5. The van der Waals surface area contributed by atoms with Crippen LogP contribution < -0.4 is 10.1 Å². The van der Waals surface area contributed by atoms with Gasteiger partial charge in [-0.15, -0.1) is 10.2 Å². The quantitative estimate of drug-likeness (QED) is 0.367. The Hall–Kier alpha value is -3.84. The molecule has 7 heteroatoms. The molecule has 6 nitrogen and oxygen atoms in total. The molecule has 0 saturated carbocycles. The molecule has 1 aromatic heterocycles. The van der Waals surface area contributed by atoms with Gasteiger partial charge in [-0.3, -0.25) is 10.1 Å². The average Bonchev–Trinajstić information content (AvgIpc) is 3.21. The van der Waals surface area contributed by atoms with E-state index in [0.29, 0.717) is 27.1 Å². The van der Waals surface area contributed by atoms with Gasteiger partial charge in [0, 0.05) is 11.1 Å². The summed E-state index contributed by atoms with van der Waals surface area (Å²) in [6.45, 7) is 0. The molecular formula is C23H18N4O2S. The van der Waals surface area contributed by atoms with E-state index in [1.165, 1.54) is 11.3 Å². The Labute approximate surface area is 177 Å². The summed E-state index contributed by atoms with van der Waals surface area (Å²) in [7, 11) is 1.62. The number of amides is 1. The molecule has 1 heterocycles. The first-order chi connectivity index (χ1) is 14.7.